The average molecular weight is 283 g/mol. The lowest BCUT2D eigenvalue weighted by atomic mass is 10.1. The molecule has 0 heterocycles. The zero-order chi connectivity index (χ0) is 15.4. The standard InChI is InChI=1S/C17H17NO3/c1-12(19)13-4-6-14(7-5-13)17(20)18(2)15-8-10-16(21-3)11-9-15/h4-11H,1-3H3. The highest BCUT2D eigenvalue weighted by Gasteiger charge is 2.13. The molecule has 0 spiro atoms. The van der Waals surface area contributed by atoms with Crippen molar-refractivity contribution in [2.45, 2.75) is 6.92 Å². The van der Waals surface area contributed by atoms with Gasteiger partial charge in [-0.25, -0.2) is 0 Å². The molecule has 0 fully saturated rings. The van der Waals surface area contributed by atoms with Crippen LogP contribution in [-0.4, -0.2) is 25.8 Å². The molecule has 108 valence electrons. The summed E-state index contributed by atoms with van der Waals surface area (Å²) in [6.07, 6.45) is 0. The van der Waals surface area contributed by atoms with Crippen molar-refractivity contribution in [3.63, 3.8) is 0 Å². The summed E-state index contributed by atoms with van der Waals surface area (Å²) in [5.74, 6) is 0.596. The minimum Gasteiger partial charge on any atom is -0.497 e. The van der Waals surface area contributed by atoms with Gasteiger partial charge in [0.05, 0.1) is 7.11 Å². The van der Waals surface area contributed by atoms with Crippen LogP contribution in [0.2, 0.25) is 0 Å². The maximum absolute atomic E-state index is 12.4. The molecule has 0 N–H and O–H groups in total. The average Bonchev–Trinajstić information content (AvgIpc) is 2.53. The third-order valence-corrected chi connectivity index (χ3v) is 3.30. The number of anilines is 1. The van der Waals surface area contributed by atoms with Gasteiger partial charge in [-0.05, 0) is 43.3 Å². The van der Waals surface area contributed by atoms with Crippen LogP contribution >= 0.6 is 0 Å². The number of rotatable bonds is 4. The van der Waals surface area contributed by atoms with E-state index in [1.807, 2.05) is 12.1 Å². The largest absolute Gasteiger partial charge is 0.497 e. The molecule has 0 saturated heterocycles. The van der Waals surface area contributed by atoms with Gasteiger partial charge in [0.1, 0.15) is 5.75 Å². The van der Waals surface area contributed by atoms with Crippen molar-refractivity contribution in [3.05, 3.63) is 59.7 Å². The normalized spacial score (nSPS) is 10.0. The molecule has 0 unspecified atom stereocenters. The van der Waals surface area contributed by atoms with Crippen LogP contribution in [-0.2, 0) is 0 Å². The predicted octanol–water partition coefficient (Wildman–Crippen LogP) is 3.17. The van der Waals surface area contributed by atoms with Gasteiger partial charge in [-0.3, -0.25) is 9.59 Å². The Hall–Kier alpha value is -2.62. The maximum Gasteiger partial charge on any atom is 0.258 e. The molecular weight excluding hydrogens is 266 g/mol. The molecule has 2 aromatic carbocycles. The third kappa shape index (κ3) is 3.28. The summed E-state index contributed by atoms with van der Waals surface area (Å²) < 4.78 is 5.09. The van der Waals surface area contributed by atoms with Crippen molar-refractivity contribution in [2.75, 3.05) is 19.1 Å². The molecule has 4 heteroatoms. The van der Waals surface area contributed by atoms with Gasteiger partial charge in [0.15, 0.2) is 5.78 Å². The second-order valence-electron chi connectivity index (χ2n) is 4.70. The lowest BCUT2D eigenvalue weighted by Crippen LogP contribution is -2.26. The fraction of sp³-hybridized carbons (Fsp3) is 0.176. The van der Waals surface area contributed by atoms with Gasteiger partial charge in [-0.15, -0.1) is 0 Å². The monoisotopic (exact) mass is 283 g/mol. The van der Waals surface area contributed by atoms with Gasteiger partial charge in [0, 0.05) is 23.9 Å². The van der Waals surface area contributed by atoms with E-state index in [1.165, 1.54) is 6.92 Å². The van der Waals surface area contributed by atoms with Crippen LogP contribution in [0.1, 0.15) is 27.6 Å². The number of hydrogen-bond acceptors (Lipinski definition) is 3. The molecule has 0 saturated carbocycles. The van der Waals surface area contributed by atoms with E-state index in [9.17, 15) is 9.59 Å². The van der Waals surface area contributed by atoms with Gasteiger partial charge in [0.25, 0.3) is 5.91 Å². The van der Waals surface area contributed by atoms with E-state index in [0.29, 0.717) is 11.1 Å². The number of nitrogens with zero attached hydrogens (tertiary/aromatic N) is 1. The minimum atomic E-state index is -0.129. The number of benzene rings is 2. The van der Waals surface area contributed by atoms with E-state index >= 15 is 0 Å². The first-order valence-corrected chi connectivity index (χ1v) is 6.56. The molecule has 0 radical (unpaired) electrons. The lowest BCUT2D eigenvalue weighted by molar-refractivity contribution is 0.0988. The number of hydrogen-bond donors (Lipinski definition) is 0. The van der Waals surface area contributed by atoms with Crippen molar-refractivity contribution < 1.29 is 14.3 Å². The summed E-state index contributed by atoms with van der Waals surface area (Å²) in [6.45, 7) is 1.50. The summed E-state index contributed by atoms with van der Waals surface area (Å²) in [6, 6.07) is 13.9. The Morgan fingerprint density at radius 1 is 0.905 bits per heavy atom. The van der Waals surface area contributed by atoms with Crippen LogP contribution in [0, 0.1) is 0 Å². The van der Waals surface area contributed by atoms with Gasteiger partial charge < -0.3 is 9.64 Å². The summed E-state index contributed by atoms with van der Waals surface area (Å²) in [5.41, 5.74) is 1.91. The van der Waals surface area contributed by atoms with Crippen LogP contribution in [0.4, 0.5) is 5.69 Å². The van der Waals surface area contributed by atoms with Crippen LogP contribution in [0.15, 0.2) is 48.5 Å². The fourth-order valence-electron chi connectivity index (χ4n) is 1.96. The molecule has 0 aliphatic heterocycles. The summed E-state index contributed by atoms with van der Waals surface area (Å²) in [4.78, 5) is 25.2. The third-order valence-electron chi connectivity index (χ3n) is 3.30. The Morgan fingerprint density at radius 2 is 1.43 bits per heavy atom. The SMILES string of the molecule is COc1ccc(N(C)C(=O)c2ccc(C(C)=O)cc2)cc1. The topological polar surface area (TPSA) is 46.6 Å². The van der Waals surface area contributed by atoms with Crippen molar-refractivity contribution >= 4 is 17.4 Å². The summed E-state index contributed by atoms with van der Waals surface area (Å²) in [5, 5.41) is 0. The molecule has 0 atom stereocenters. The second-order valence-corrected chi connectivity index (χ2v) is 4.70. The first-order valence-electron chi connectivity index (χ1n) is 6.56. The highest BCUT2D eigenvalue weighted by atomic mass is 16.5. The fourth-order valence-corrected chi connectivity index (χ4v) is 1.96. The van der Waals surface area contributed by atoms with E-state index in [-0.39, 0.29) is 11.7 Å². The molecular formula is C17H17NO3. The first-order chi connectivity index (χ1) is 10.0. The Bertz CT molecular complexity index is 645. The van der Waals surface area contributed by atoms with Crippen LogP contribution in [0.3, 0.4) is 0 Å². The summed E-state index contributed by atoms with van der Waals surface area (Å²) >= 11 is 0. The molecule has 0 bridgehead atoms. The van der Waals surface area contributed by atoms with E-state index in [2.05, 4.69) is 0 Å². The first kappa shape index (κ1) is 14.8. The van der Waals surface area contributed by atoms with Crippen LogP contribution in [0.25, 0.3) is 0 Å². The lowest BCUT2D eigenvalue weighted by Gasteiger charge is -2.17. The summed E-state index contributed by atoms with van der Waals surface area (Å²) in [7, 11) is 3.31. The van der Waals surface area contributed by atoms with Crippen LogP contribution < -0.4 is 9.64 Å². The van der Waals surface area contributed by atoms with Gasteiger partial charge in [0.2, 0.25) is 0 Å². The van der Waals surface area contributed by atoms with E-state index < -0.39 is 0 Å². The zero-order valence-corrected chi connectivity index (χ0v) is 12.3. The highest BCUT2D eigenvalue weighted by Crippen LogP contribution is 2.20. The minimum absolute atomic E-state index is 0.0162. The molecule has 2 rings (SSSR count). The van der Waals surface area contributed by atoms with Crippen molar-refractivity contribution in [3.8, 4) is 5.75 Å². The van der Waals surface area contributed by atoms with Crippen LogP contribution in [0.5, 0.6) is 5.75 Å². The number of carbonyl (C=O) groups excluding carboxylic acids is 2. The Balaban J connectivity index is 2.19. The molecule has 0 aliphatic carbocycles. The predicted molar refractivity (Wildman–Crippen MR) is 82.2 cm³/mol. The van der Waals surface area contributed by atoms with E-state index in [1.54, 1.807) is 55.5 Å². The number of ether oxygens (including phenoxy) is 1. The molecule has 21 heavy (non-hydrogen) atoms. The van der Waals surface area contributed by atoms with Crippen molar-refractivity contribution in [1.29, 1.82) is 0 Å². The highest BCUT2D eigenvalue weighted by molar-refractivity contribution is 6.06. The quantitative estimate of drug-likeness (QED) is 0.810. The molecule has 4 nitrogen and oxygen atoms in total. The van der Waals surface area contributed by atoms with Crippen molar-refractivity contribution in [2.24, 2.45) is 0 Å². The van der Waals surface area contributed by atoms with Gasteiger partial charge >= 0.3 is 0 Å². The van der Waals surface area contributed by atoms with Gasteiger partial charge in [-0.2, -0.15) is 0 Å². The Kier molecular flexibility index (Phi) is 4.38. The Labute approximate surface area is 124 Å². The molecule has 0 aromatic heterocycles. The number of carbonyl (C=O) groups is 2. The maximum atomic E-state index is 12.4. The van der Waals surface area contributed by atoms with Crippen molar-refractivity contribution in [1.82, 2.24) is 0 Å². The molecule has 0 aliphatic rings. The molecule has 2 aromatic rings. The number of Topliss-reactive ketones (excluding diaryl/α,β-unsaturated/α-hetero) is 1. The number of amides is 1. The second kappa shape index (κ2) is 6.22. The number of ketones is 1. The molecule has 1 amide bonds. The number of methoxy groups -OCH3 is 1. The zero-order valence-electron chi connectivity index (χ0n) is 12.3. The van der Waals surface area contributed by atoms with Gasteiger partial charge in [-0.1, -0.05) is 12.1 Å². The van der Waals surface area contributed by atoms with E-state index in [0.717, 1.165) is 11.4 Å². The smallest absolute Gasteiger partial charge is 0.258 e. The van der Waals surface area contributed by atoms with E-state index in [4.69, 9.17) is 4.74 Å². The Morgan fingerprint density at radius 3 is 1.90 bits per heavy atom.